The fourth-order valence-electron chi connectivity index (χ4n) is 4.64. The van der Waals surface area contributed by atoms with Crippen molar-refractivity contribution in [1.82, 2.24) is 0 Å². The lowest BCUT2D eigenvalue weighted by atomic mass is 9.98. The second kappa shape index (κ2) is 15.2. The van der Waals surface area contributed by atoms with Crippen molar-refractivity contribution in [2.24, 2.45) is 0 Å². The Kier molecular flexibility index (Phi) is 11.6. The van der Waals surface area contributed by atoms with E-state index in [4.69, 9.17) is 28.4 Å². The molecule has 10 atom stereocenters. The number of rotatable bonds is 11. The van der Waals surface area contributed by atoms with Crippen molar-refractivity contribution >= 4 is 12.0 Å². The van der Waals surface area contributed by atoms with Gasteiger partial charge >= 0.3 is 5.97 Å². The molecule has 2 fully saturated rings. The Morgan fingerprint density at radius 1 is 0.867 bits per heavy atom. The fourth-order valence-corrected chi connectivity index (χ4v) is 4.64. The number of ether oxygens (including phenoxy) is 6. The molecule has 248 valence electrons. The molecule has 9 N–H and O–H groups in total. The summed E-state index contributed by atoms with van der Waals surface area (Å²) in [6, 6.07) is 7.77. The largest absolute Gasteiger partial charge is 0.504 e. The van der Waals surface area contributed by atoms with Crippen molar-refractivity contribution in [1.29, 1.82) is 0 Å². The number of carbonyl (C=O) groups is 1. The first-order valence-corrected chi connectivity index (χ1v) is 13.8. The van der Waals surface area contributed by atoms with E-state index in [0.29, 0.717) is 11.1 Å². The predicted molar refractivity (Wildman–Crippen MR) is 149 cm³/mol. The first kappa shape index (κ1) is 34.3. The number of aromatic hydroxyl groups is 4. The average Bonchev–Trinajstić information content (AvgIpc) is 3.01. The molecule has 0 spiro atoms. The van der Waals surface area contributed by atoms with E-state index in [1.165, 1.54) is 49.6 Å². The van der Waals surface area contributed by atoms with Crippen LogP contribution in [-0.2, 0) is 33.2 Å². The van der Waals surface area contributed by atoms with Crippen LogP contribution in [0.4, 0.5) is 0 Å². The zero-order valence-electron chi connectivity index (χ0n) is 23.9. The summed E-state index contributed by atoms with van der Waals surface area (Å²) in [5.74, 6) is -2.53. The summed E-state index contributed by atoms with van der Waals surface area (Å²) in [5.41, 5.74) is 0.734. The Labute approximate surface area is 256 Å². The van der Waals surface area contributed by atoms with Gasteiger partial charge in [0.15, 0.2) is 41.7 Å². The van der Waals surface area contributed by atoms with Gasteiger partial charge in [-0.2, -0.15) is 0 Å². The van der Waals surface area contributed by atoms with Crippen LogP contribution < -0.4 is 0 Å². The second-order valence-electron chi connectivity index (χ2n) is 10.4. The Bertz CT molecular complexity index is 1320. The molecule has 2 aromatic rings. The maximum Gasteiger partial charge on any atom is 0.331 e. The van der Waals surface area contributed by atoms with Gasteiger partial charge < -0.3 is 74.4 Å². The zero-order chi connectivity index (χ0) is 32.8. The van der Waals surface area contributed by atoms with Crippen molar-refractivity contribution in [3.63, 3.8) is 0 Å². The highest BCUT2D eigenvalue weighted by atomic mass is 16.7. The molecule has 0 amide bonds. The van der Waals surface area contributed by atoms with Crippen LogP contribution in [-0.4, -0.2) is 134 Å². The lowest BCUT2D eigenvalue weighted by Crippen LogP contribution is -2.61. The Morgan fingerprint density at radius 2 is 1.53 bits per heavy atom. The maximum absolute atomic E-state index is 12.7. The van der Waals surface area contributed by atoms with Gasteiger partial charge in [0.2, 0.25) is 0 Å². The Balaban J connectivity index is 1.48. The standard InChI is InChI=1S/C29H36O16/c1-40-20(14-4-6-16(31)18(33)9-14)11-43-29-26(39)24(37)27(45-22(35)7-3-13-2-5-15(30)17(32)8-13)21(44-29)12-42-28-25(38)23(36)19(34)10-41-28/h2-9,19-21,23-34,36-39H,10-12H2,1H3. The van der Waals surface area contributed by atoms with Gasteiger partial charge in [0.1, 0.15) is 42.7 Å². The van der Waals surface area contributed by atoms with E-state index in [0.717, 1.165) is 6.08 Å². The number of phenolic OH excluding ortho intramolecular Hbond substituents is 4. The third-order valence-electron chi connectivity index (χ3n) is 7.25. The van der Waals surface area contributed by atoms with Gasteiger partial charge in [-0.25, -0.2) is 4.79 Å². The molecule has 0 bridgehead atoms. The lowest BCUT2D eigenvalue weighted by molar-refractivity contribution is -0.324. The quantitative estimate of drug-likeness (QED) is 0.0789. The van der Waals surface area contributed by atoms with E-state index < -0.39 is 85.5 Å². The number of esters is 1. The number of hydrogen-bond acceptors (Lipinski definition) is 16. The molecular weight excluding hydrogens is 604 g/mol. The monoisotopic (exact) mass is 640 g/mol. The van der Waals surface area contributed by atoms with Crippen LogP contribution >= 0.6 is 0 Å². The van der Waals surface area contributed by atoms with Crippen LogP contribution in [0.2, 0.25) is 0 Å². The number of hydrogen-bond donors (Lipinski definition) is 9. The molecule has 2 aromatic carbocycles. The van der Waals surface area contributed by atoms with E-state index >= 15 is 0 Å². The highest BCUT2D eigenvalue weighted by Crippen LogP contribution is 2.31. The fraction of sp³-hybridized carbons (Fsp3) is 0.483. The summed E-state index contributed by atoms with van der Waals surface area (Å²) >= 11 is 0. The number of aliphatic hydroxyl groups excluding tert-OH is 5. The van der Waals surface area contributed by atoms with Gasteiger partial charge in [0, 0.05) is 13.2 Å². The van der Waals surface area contributed by atoms with Gasteiger partial charge in [-0.15, -0.1) is 0 Å². The molecule has 0 saturated carbocycles. The SMILES string of the molecule is COC(COC1OC(COC2OCC(O)C(O)C2O)C(OC(=O)C=Cc2ccc(O)c(O)c2)C(O)C1O)c1ccc(O)c(O)c1. The number of carbonyl (C=O) groups excluding carboxylic acids is 1. The van der Waals surface area contributed by atoms with Crippen LogP contribution in [0.1, 0.15) is 17.2 Å². The summed E-state index contributed by atoms with van der Waals surface area (Å²) in [4.78, 5) is 12.7. The molecule has 2 aliphatic heterocycles. The summed E-state index contributed by atoms with van der Waals surface area (Å²) in [5, 5.41) is 90.2. The highest BCUT2D eigenvalue weighted by molar-refractivity contribution is 5.87. The van der Waals surface area contributed by atoms with Crippen LogP contribution in [0.3, 0.4) is 0 Å². The van der Waals surface area contributed by atoms with Gasteiger partial charge in [0.05, 0.1) is 19.8 Å². The molecule has 0 aromatic heterocycles. The van der Waals surface area contributed by atoms with E-state index in [1.54, 1.807) is 0 Å². The van der Waals surface area contributed by atoms with E-state index in [1.807, 2.05) is 0 Å². The number of phenols is 4. The Hall–Kier alpha value is -3.55. The molecule has 10 unspecified atom stereocenters. The summed E-state index contributed by atoms with van der Waals surface area (Å²) in [6.45, 7) is -1.16. The van der Waals surface area contributed by atoms with Crippen molar-refractivity contribution in [3.8, 4) is 23.0 Å². The van der Waals surface area contributed by atoms with E-state index in [9.17, 15) is 50.8 Å². The molecule has 0 aliphatic carbocycles. The van der Waals surface area contributed by atoms with Gasteiger partial charge in [-0.05, 0) is 41.5 Å². The number of aliphatic hydroxyl groups is 5. The molecule has 16 nitrogen and oxygen atoms in total. The van der Waals surface area contributed by atoms with E-state index in [-0.39, 0.29) is 24.7 Å². The lowest BCUT2D eigenvalue weighted by Gasteiger charge is -2.42. The molecule has 0 radical (unpaired) electrons. The third kappa shape index (κ3) is 8.39. The van der Waals surface area contributed by atoms with Gasteiger partial charge in [-0.3, -0.25) is 0 Å². The predicted octanol–water partition coefficient (Wildman–Crippen LogP) is -1.26. The summed E-state index contributed by atoms with van der Waals surface area (Å²) in [6.07, 6.45) is -12.6. The first-order chi connectivity index (χ1) is 21.4. The highest BCUT2D eigenvalue weighted by Gasteiger charge is 2.48. The maximum atomic E-state index is 12.7. The summed E-state index contributed by atoms with van der Waals surface area (Å²) < 4.78 is 33.0. The second-order valence-corrected chi connectivity index (χ2v) is 10.4. The zero-order valence-corrected chi connectivity index (χ0v) is 23.9. The van der Waals surface area contributed by atoms with Crippen LogP contribution in [0.5, 0.6) is 23.0 Å². The topological polar surface area (TPSA) is 255 Å². The molecule has 45 heavy (non-hydrogen) atoms. The minimum absolute atomic E-state index is 0.274. The van der Waals surface area contributed by atoms with E-state index in [2.05, 4.69) is 0 Å². The smallest absolute Gasteiger partial charge is 0.331 e. The Morgan fingerprint density at radius 3 is 2.20 bits per heavy atom. The summed E-state index contributed by atoms with van der Waals surface area (Å²) in [7, 11) is 1.35. The van der Waals surface area contributed by atoms with Crippen LogP contribution in [0.25, 0.3) is 6.08 Å². The van der Waals surface area contributed by atoms with Gasteiger partial charge in [0.25, 0.3) is 0 Å². The van der Waals surface area contributed by atoms with Crippen LogP contribution in [0.15, 0.2) is 42.5 Å². The van der Waals surface area contributed by atoms with Crippen molar-refractivity contribution in [3.05, 3.63) is 53.6 Å². The molecule has 2 heterocycles. The van der Waals surface area contributed by atoms with Crippen molar-refractivity contribution in [2.75, 3.05) is 26.9 Å². The van der Waals surface area contributed by atoms with Crippen LogP contribution in [0, 0.1) is 0 Å². The van der Waals surface area contributed by atoms with Crippen molar-refractivity contribution < 1.29 is 79.2 Å². The van der Waals surface area contributed by atoms with Crippen molar-refractivity contribution in [2.45, 2.75) is 61.4 Å². The number of methoxy groups -OCH3 is 1. The first-order valence-electron chi connectivity index (χ1n) is 13.8. The molecular formula is C29H36O16. The third-order valence-corrected chi connectivity index (χ3v) is 7.25. The minimum atomic E-state index is -1.80. The molecule has 2 aliphatic rings. The minimum Gasteiger partial charge on any atom is -0.504 e. The molecule has 16 heteroatoms. The normalized spacial score (nSPS) is 31.1. The average molecular weight is 641 g/mol. The molecule has 4 rings (SSSR count). The number of benzene rings is 2. The molecule has 2 saturated heterocycles. The van der Waals surface area contributed by atoms with Gasteiger partial charge in [-0.1, -0.05) is 12.1 Å².